The molecule has 2 aromatic rings. The van der Waals surface area contributed by atoms with Crippen LogP contribution < -0.4 is 15.8 Å². The van der Waals surface area contributed by atoms with Gasteiger partial charge in [-0.15, -0.1) is 0 Å². The van der Waals surface area contributed by atoms with Gasteiger partial charge in [0, 0.05) is 5.69 Å². The Hall–Kier alpha value is -2.23. The second-order valence-electron chi connectivity index (χ2n) is 3.98. The van der Waals surface area contributed by atoms with E-state index in [-0.39, 0.29) is 0 Å². The van der Waals surface area contributed by atoms with Crippen LogP contribution in [0.4, 0.5) is 11.5 Å². The minimum atomic E-state index is 0.569. The molecule has 0 radical (unpaired) electrons. The van der Waals surface area contributed by atoms with Crippen molar-refractivity contribution in [1.29, 1.82) is 0 Å². The van der Waals surface area contributed by atoms with Gasteiger partial charge in [-0.05, 0) is 31.2 Å². The molecule has 3 N–H and O–H groups in total. The highest BCUT2D eigenvalue weighted by atomic mass is 16.5. The second-order valence-corrected chi connectivity index (χ2v) is 3.98. The Labute approximate surface area is 107 Å². The monoisotopic (exact) mass is 243 g/mol. The van der Waals surface area contributed by atoms with Crippen molar-refractivity contribution >= 4 is 11.5 Å². The molecule has 0 aliphatic heterocycles. The highest BCUT2D eigenvalue weighted by molar-refractivity contribution is 5.61. The van der Waals surface area contributed by atoms with Crippen LogP contribution in [0.2, 0.25) is 0 Å². The predicted molar refractivity (Wildman–Crippen MR) is 73.8 cm³/mol. The van der Waals surface area contributed by atoms with E-state index in [1.165, 1.54) is 0 Å². The molecular formula is C14H17N3O. The smallest absolute Gasteiger partial charge is 0.149 e. The lowest BCUT2D eigenvalue weighted by Gasteiger charge is -2.10. The summed E-state index contributed by atoms with van der Waals surface area (Å²) in [5.74, 6) is 1.58. The van der Waals surface area contributed by atoms with Crippen molar-refractivity contribution in [3.63, 3.8) is 0 Å². The highest BCUT2D eigenvalue weighted by Gasteiger charge is 2.00. The van der Waals surface area contributed by atoms with Crippen LogP contribution in [0.25, 0.3) is 0 Å². The van der Waals surface area contributed by atoms with Gasteiger partial charge in [0.05, 0.1) is 12.2 Å². The van der Waals surface area contributed by atoms with Crippen LogP contribution in [0, 0.1) is 6.92 Å². The average Bonchev–Trinajstić information content (AvgIpc) is 2.40. The molecule has 1 aromatic heterocycles. The van der Waals surface area contributed by atoms with Crippen molar-refractivity contribution in [3.05, 3.63) is 48.2 Å². The molecule has 18 heavy (non-hydrogen) atoms. The van der Waals surface area contributed by atoms with E-state index in [9.17, 15) is 0 Å². The summed E-state index contributed by atoms with van der Waals surface area (Å²) in [4.78, 5) is 4.33. The molecule has 0 amide bonds. The Kier molecular flexibility index (Phi) is 4.02. The molecule has 0 unspecified atom stereocenters. The van der Waals surface area contributed by atoms with Crippen molar-refractivity contribution in [3.8, 4) is 5.75 Å². The lowest BCUT2D eigenvalue weighted by atomic mass is 10.3. The standard InChI is InChI=1S/C14H17N3O/c1-11-7-8-13(15)14(17-11)16-9-10-18-12-5-3-2-4-6-12/h2-8H,9-10,15H2,1H3,(H,16,17). The summed E-state index contributed by atoms with van der Waals surface area (Å²) in [6.07, 6.45) is 0. The third kappa shape index (κ3) is 3.38. The first-order valence-electron chi connectivity index (χ1n) is 5.90. The van der Waals surface area contributed by atoms with Crippen molar-refractivity contribution in [2.24, 2.45) is 0 Å². The molecule has 1 heterocycles. The van der Waals surface area contributed by atoms with Crippen molar-refractivity contribution < 1.29 is 4.74 Å². The summed E-state index contributed by atoms with van der Waals surface area (Å²) < 4.78 is 5.57. The number of rotatable bonds is 5. The van der Waals surface area contributed by atoms with Gasteiger partial charge in [-0.3, -0.25) is 0 Å². The molecule has 0 saturated heterocycles. The number of ether oxygens (including phenoxy) is 1. The number of nitrogen functional groups attached to an aromatic ring is 1. The minimum absolute atomic E-state index is 0.569. The fourth-order valence-corrected chi connectivity index (χ4v) is 1.56. The Morgan fingerprint density at radius 2 is 1.94 bits per heavy atom. The normalized spacial score (nSPS) is 10.1. The number of nitrogens with two attached hydrogens (primary N) is 1. The minimum Gasteiger partial charge on any atom is -0.492 e. The van der Waals surface area contributed by atoms with E-state index in [4.69, 9.17) is 10.5 Å². The van der Waals surface area contributed by atoms with Gasteiger partial charge in [0.2, 0.25) is 0 Å². The third-order valence-electron chi connectivity index (χ3n) is 2.47. The molecule has 0 saturated carbocycles. The predicted octanol–water partition coefficient (Wildman–Crippen LogP) is 2.46. The molecule has 0 fully saturated rings. The zero-order valence-corrected chi connectivity index (χ0v) is 10.4. The van der Waals surface area contributed by atoms with Crippen LogP contribution in [0.15, 0.2) is 42.5 Å². The second kappa shape index (κ2) is 5.91. The van der Waals surface area contributed by atoms with E-state index < -0.39 is 0 Å². The number of pyridine rings is 1. The highest BCUT2D eigenvalue weighted by Crippen LogP contribution is 2.15. The van der Waals surface area contributed by atoms with Crippen LogP contribution in [-0.2, 0) is 0 Å². The Morgan fingerprint density at radius 3 is 2.72 bits per heavy atom. The molecule has 0 spiro atoms. The average molecular weight is 243 g/mol. The largest absolute Gasteiger partial charge is 0.492 e. The molecule has 4 heteroatoms. The molecule has 0 bridgehead atoms. The number of benzene rings is 1. The van der Waals surface area contributed by atoms with E-state index in [2.05, 4.69) is 10.3 Å². The number of anilines is 2. The fourth-order valence-electron chi connectivity index (χ4n) is 1.56. The Balaban J connectivity index is 1.80. The molecule has 0 aliphatic carbocycles. The number of hydrogen-bond acceptors (Lipinski definition) is 4. The lowest BCUT2D eigenvalue weighted by molar-refractivity contribution is 0.333. The van der Waals surface area contributed by atoms with E-state index in [1.54, 1.807) is 0 Å². The van der Waals surface area contributed by atoms with Crippen LogP contribution in [0.5, 0.6) is 5.75 Å². The van der Waals surface area contributed by atoms with E-state index >= 15 is 0 Å². The summed E-state index contributed by atoms with van der Waals surface area (Å²) in [5, 5.41) is 3.16. The van der Waals surface area contributed by atoms with Crippen LogP contribution in [-0.4, -0.2) is 18.1 Å². The summed E-state index contributed by atoms with van der Waals surface area (Å²) in [6, 6.07) is 13.5. The van der Waals surface area contributed by atoms with Gasteiger partial charge in [0.25, 0.3) is 0 Å². The van der Waals surface area contributed by atoms with Gasteiger partial charge < -0.3 is 15.8 Å². The molecule has 0 atom stereocenters. The van der Waals surface area contributed by atoms with E-state index in [1.807, 2.05) is 49.4 Å². The molecular weight excluding hydrogens is 226 g/mol. The summed E-state index contributed by atoms with van der Waals surface area (Å²) in [6.45, 7) is 3.17. The van der Waals surface area contributed by atoms with Crippen molar-refractivity contribution in [1.82, 2.24) is 4.98 Å². The number of nitrogens with one attached hydrogen (secondary N) is 1. The van der Waals surface area contributed by atoms with Crippen molar-refractivity contribution in [2.45, 2.75) is 6.92 Å². The number of aromatic nitrogens is 1. The third-order valence-corrected chi connectivity index (χ3v) is 2.47. The molecule has 4 nitrogen and oxygen atoms in total. The van der Waals surface area contributed by atoms with Gasteiger partial charge >= 0.3 is 0 Å². The molecule has 94 valence electrons. The number of nitrogens with zero attached hydrogens (tertiary/aromatic N) is 1. The fraction of sp³-hybridized carbons (Fsp3) is 0.214. The lowest BCUT2D eigenvalue weighted by Crippen LogP contribution is -2.13. The maximum atomic E-state index is 5.82. The zero-order valence-electron chi connectivity index (χ0n) is 10.4. The van der Waals surface area contributed by atoms with Gasteiger partial charge in [0.1, 0.15) is 18.2 Å². The van der Waals surface area contributed by atoms with Crippen LogP contribution >= 0.6 is 0 Å². The molecule has 0 aliphatic rings. The van der Waals surface area contributed by atoms with Gasteiger partial charge in [-0.25, -0.2) is 4.98 Å². The quantitative estimate of drug-likeness (QED) is 0.792. The van der Waals surface area contributed by atoms with Gasteiger partial charge in [-0.1, -0.05) is 18.2 Å². The number of hydrogen-bond donors (Lipinski definition) is 2. The maximum absolute atomic E-state index is 5.82. The summed E-state index contributed by atoms with van der Waals surface area (Å²) in [5.41, 5.74) is 7.41. The van der Waals surface area contributed by atoms with E-state index in [0.29, 0.717) is 24.7 Å². The topological polar surface area (TPSA) is 60.2 Å². The first-order valence-corrected chi connectivity index (χ1v) is 5.90. The van der Waals surface area contributed by atoms with Crippen LogP contribution in [0.1, 0.15) is 5.69 Å². The number of para-hydroxylation sites is 1. The Morgan fingerprint density at radius 1 is 1.17 bits per heavy atom. The Bertz CT molecular complexity index is 500. The van der Waals surface area contributed by atoms with Crippen LogP contribution in [0.3, 0.4) is 0 Å². The first kappa shape index (κ1) is 12.2. The zero-order chi connectivity index (χ0) is 12.8. The van der Waals surface area contributed by atoms with E-state index in [0.717, 1.165) is 11.4 Å². The van der Waals surface area contributed by atoms with Gasteiger partial charge in [-0.2, -0.15) is 0 Å². The number of aryl methyl sites for hydroxylation is 1. The van der Waals surface area contributed by atoms with Crippen molar-refractivity contribution in [2.75, 3.05) is 24.2 Å². The SMILES string of the molecule is Cc1ccc(N)c(NCCOc2ccccc2)n1. The summed E-state index contributed by atoms with van der Waals surface area (Å²) in [7, 11) is 0. The summed E-state index contributed by atoms with van der Waals surface area (Å²) >= 11 is 0. The molecule has 2 rings (SSSR count). The molecule has 1 aromatic carbocycles. The maximum Gasteiger partial charge on any atom is 0.149 e. The van der Waals surface area contributed by atoms with Gasteiger partial charge in [0.15, 0.2) is 0 Å². The first-order chi connectivity index (χ1) is 8.75.